The molecule has 2 aromatic rings. The van der Waals surface area contributed by atoms with Gasteiger partial charge in [0, 0.05) is 11.4 Å². The van der Waals surface area contributed by atoms with Gasteiger partial charge in [-0.2, -0.15) is 0 Å². The third kappa shape index (κ3) is 4.36. The molecule has 162 valence electrons. The molecule has 31 heavy (non-hydrogen) atoms. The summed E-state index contributed by atoms with van der Waals surface area (Å²) in [6.45, 7) is 4.10. The fourth-order valence-corrected chi connectivity index (χ4v) is 4.66. The zero-order valence-corrected chi connectivity index (χ0v) is 18.2. The third-order valence-corrected chi connectivity index (χ3v) is 6.39. The molecule has 0 saturated heterocycles. The van der Waals surface area contributed by atoms with Crippen LogP contribution < -0.4 is 10.2 Å². The van der Waals surface area contributed by atoms with Crippen molar-refractivity contribution in [2.24, 2.45) is 0 Å². The number of rotatable bonds is 5. The zero-order chi connectivity index (χ0) is 22.0. The van der Waals surface area contributed by atoms with Crippen molar-refractivity contribution in [3.05, 3.63) is 71.0 Å². The molecular formula is C26H30N2O3. The lowest BCUT2D eigenvalue weighted by molar-refractivity contribution is -0.119. The largest absolute Gasteiger partial charge is 0.509 e. The number of hydrogen-bond acceptors (Lipinski definition) is 3. The van der Waals surface area contributed by atoms with Crippen LogP contribution in [0.2, 0.25) is 0 Å². The molecule has 4 rings (SSSR count). The Morgan fingerprint density at radius 2 is 1.71 bits per heavy atom. The van der Waals surface area contributed by atoms with E-state index in [2.05, 4.69) is 17.4 Å². The number of aliphatic hydroxyl groups excluding tert-OH is 1. The van der Waals surface area contributed by atoms with Crippen molar-refractivity contribution in [1.82, 2.24) is 0 Å². The Bertz CT molecular complexity index is 1000. The highest BCUT2D eigenvalue weighted by atomic mass is 16.3. The Labute approximate surface area is 183 Å². The molecule has 2 aromatic carbocycles. The summed E-state index contributed by atoms with van der Waals surface area (Å²) in [6.07, 6.45) is 6.29. The number of anilines is 2. The van der Waals surface area contributed by atoms with Crippen molar-refractivity contribution in [1.29, 1.82) is 0 Å². The molecule has 1 saturated carbocycles. The van der Waals surface area contributed by atoms with Gasteiger partial charge in [-0.25, -0.2) is 0 Å². The van der Waals surface area contributed by atoms with Crippen molar-refractivity contribution in [2.75, 3.05) is 16.8 Å². The van der Waals surface area contributed by atoms with E-state index in [-0.39, 0.29) is 23.8 Å². The molecule has 5 nitrogen and oxygen atoms in total. The van der Waals surface area contributed by atoms with Crippen LogP contribution in [0.25, 0.3) is 0 Å². The van der Waals surface area contributed by atoms with Crippen LogP contribution >= 0.6 is 0 Å². The first-order chi connectivity index (χ1) is 15.0. The summed E-state index contributed by atoms with van der Waals surface area (Å²) in [4.78, 5) is 27.3. The highest BCUT2D eigenvalue weighted by Crippen LogP contribution is 2.34. The lowest BCUT2D eigenvalue weighted by atomic mass is 9.84. The number of hydrogen-bond donors (Lipinski definition) is 2. The van der Waals surface area contributed by atoms with Gasteiger partial charge in [0.2, 0.25) is 0 Å². The summed E-state index contributed by atoms with van der Waals surface area (Å²) in [7, 11) is 0. The van der Waals surface area contributed by atoms with Gasteiger partial charge >= 0.3 is 0 Å². The molecule has 2 N–H and O–H groups in total. The van der Waals surface area contributed by atoms with Crippen LogP contribution in [0.3, 0.4) is 0 Å². The van der Waals surface area contributed by atoms with Gasteiger partial charge in [0.1, 0.15) is 11.3 Å². The number of carbonyl (C=O) groups is 2. The molecule has 1 aliphatic heterocycles. The van der Waals surface area contributed by atoms with Crippen LogP contribution in [-0.4, -0.2) is 23.5 Å². The summed E-state index contributed by atoms with van der Waals surface area (Å²) in [5, 5.41) is 13.2. The predicted molar refractivity (Wildman–Crippen MR) is 123 cm³/mol. The molecule has 1 aliphatic carbocycles. The van der Waals surface area contributed by atoms with Crippen LogP contribution in [0.15, 0.2) is 59.9 Å². The van der Waals surface area contributed by atoms with Gasteiger partial charge < -0.3 is 15.3 Å². The van der Waals surface area contributed by atoms with Gasteiger partial charge in [-0.05, 0) is 54.0 Å². The molecule has 0 aromatic heterocycles. The Morgan fingerprint density at radius 1 is 1.03 bits per heavy atom. The van der Waals surface area contributed by atoms with Gasteiger partial charge in [-0.3, -0.25) is 9.59 Å². The Hall–Kier alpha value is -3.08. The van der Waals surface area contributed by atoms with E-state index in [0.717, 1.165) is 5.56 Å². The first-order valence-electron chi connectivity index (χ1n) is 11.2. The van der Waals surface area contributed by atoms with Crippen molar-refractivity contribution < 1.29 is 14.7 Å². The topological polar surface area (TPSA) is 69.6 Å². The van der Waals surface area contributed by atoms with Crippen LogP contribution in [-0.2, 0) is 9.59 Å². The van der Waals surface area contributed by atoms with Crippen molar-refractivity contribution >= 4 is 23.2 Å². The van der Waals surface area contributed by atoms with Gasteiger partial charge in [0.05, 0.1) is 6.54 Å². The summed E-state index contributed by atoms with van der Waals surface area (Å²) < 4.78 is 0. The Balaban J connectivity index is 1.49. The second-order valence-corrected chi connectivity index (χ2v) is 8.84. The van der Waals surface area contributed by atoms with E-state index in [1.165, 1.54) is 42.6 Å². The molecule has 2 aliphatic rings. The van der Waals surface area contributed by atoms with E-state index in [4.69, 9.17) is 0 Å². The maximum Gasteiger partial charge on any atom is 0.267 e. The number of amides is 2. The minimum atomic E-state index is -0.572. The zero-order valence-electron chi connectivity index (χ0n) is 18.2. The quantitative estimate of drug-likeness (QED) is 0.616. The summed E-state index contributed by atoms with van der Waals surface area (Å²) >= 11 is 0. The number of carbonyl (C=O) groups excluding carboxylic acids is 2. The van der Waals surface area contributed by atoms with Gasteiger partial charge in [-0.1, -0.05) is 63.4 Å². The standard InChI is InChI=1S/C26H30N2O3/c1-17(2)21-10-6-7-11-22(21)27-25(30)24-23(29)16-28(26(24)31)20-14-12-19(13-15-20)18-8-4-3-5-9-18/h6-7,10-15,17-18,29H,3-5,8-9,16H2,1-2H3,(H,27,30). The third-order valence-electron chi connectivity index (χ3n) is 6.39. The number of nitrogens with zero attached hydrogens (tertiary/aromatic N) is 1. The van der Waals surface area contributed by atoms with Crippen LogP contribution in [0.1, 0.15) is 68.9 Å². The minimum Gasteiger partial charge on any atom is -0.509 e. The number of aliphatic hydroxyl groups is 1. The number of para-hydroxylation sites is 1. The van der Waals surface area contributed by atoms with Crippen molar-refractivity contribution in [2.45, 2.75) is 57.8 Å². The molecule has 5 heteroatoms. The summed E-state index contributed by atoms with van der Waals surface area (Å²) in [5.74, 6) is -0.427. The van der Waals surface area contributed by atoms with E-state index in [9.17, 15) is 14.7 Å². The normalized spacial score (nSPS) is 17.5. The Morgan fingerprint density at radius 3 is 2.39 bits per heavy atom. The van der Waals surface area contributed by atoms with E-state index in [1.807, 2.05) is 50.2 Å². The van der Waals surface area contributed by atoms with Crippen molar-refractivity contribution in [3.63, 3.8) is 0 Å². The van der Waals surface area contributed by atoms with Crippen LogP contribution in [0.5, 0.6) is 0 Å². The second kappa shape index (κ2) is 8.96. The fourth-order valence-electron chi connectivity index (χ4n) is 4.66. The molecule has 0 spiro atoms. The molecule has 0 radical (unpaired) electrons. The summed E-state index contributed by atoms with van der Waals surface area (Å²) in [5.41, 5.74) is 3.45. The van der Waals surface area contributed by atoms with E-state index >= 15 is 0 Å². The van der Waals surface area contributed by atoms with Crippen LogP contribution in [0, 0.1) is 0 Å². The lowest BCUT2D eigenvalue weighted by Gasteiger charge is -2.23. The minimum absolute atomic E-state index is 0.0101. The van der Waals surface area contributed by atoms with Gasteiger partial charge in [0.15, 0.2) is 0 Å². The lowest BCUT2D eigenvalue weighted by Crippen LogP contribution is -2.30. The van der Waals surface area contributed by atoms with Gasteiger partial charge in [0.25, 0.3) is 11.8 Å². The molecule has 1 heterocycles. The molecular weight excluding hydrogens is 388 g/mol. The van der Waals surface area contributed by atoms with E-state index in [0.29, 0.717) is 17.3 Å². The van der Waals surface area contributed by atoms with Crippen molar-refractivity contribution in [3.8, 4) is 0 Å². The van der Waals surface area contributed by atoms with Gasteiger partial charge in [-0.15, -0.1) is 0 Å². The second-order valence-electron chi connectivity index (χ2n) is 8.84. The highest BCUT2D eigenvalue weighted by Gasteiger charge is 2.36. The maximum absolute atomic E-state index is 13.0. The number of nitrogens with one attached hydrogen (secondary N) is 1. The first-order valence-corrected chi connectivity index (χ1v) is 11.2. The van der Waals surface area contributed by atoms with E-state index in [1.54, 1.807) is 0 Å². The Kier molecular flexibility index (Phi) is 6.12. The van der Waals surface area contributed by atoms with Crippen LogP contribution in [0.4, 0.5) is 11.4 Å². The van der Waals surface area contributed by atoms with E-state index < -0.39 is 11.8 Å². The first kappa shape index (κ1) is 21.2. The SMILES string of the molecule is CC(C)c1ccccc1NC(=O)C1=C(O)CN(c2ccc(C3CCCCC3)cc2)C1=O. The highest BCUT2D eigenvalue weighted by molar-refractivity contribution is 6.29. The maximum atomic E-state index is 13.0. The molecule has 0 atom stereocenters. The molecule has 1 fully saturated rings. The predicted octanol–water partition coefficient (Wildman–Crippen LogP) is 5.66. The monoisotopic (exact) mass is 418 g/mol. The molecule has 0 bridgehead atoms. The smallest absolute Gasteiger partial charge is 0.267 e. The molecule has 2 amide bonds. The number of benzene rings is 2. The average Bonchev–Trinajstić information content (AvgIpc) is 3.08. The summed E-state index contributed by atoms with van der Waals surface area (Å²) in [6, 6.07) is 15.5. The molecule has 0 unspecified atom stereocenters. The fraction of sp³-hybridized carbons (Fsp3) is 0.385. The average molecular weight is 419 g/mol.